The Kier molecular flexibility index (Phi) is 6.99. The number of ether oxygens (including phenoxy) is 1. The molecular formula is C20H18Cl2FN3OS. The van der Waals surface area contributed by atoms with E-state index < -0.39 is 11.9 Å². The maximum absolute atomic E-state index is 13.2. The van der Waals surface area contributed by atoms with Gasteiger partial charge in [-0.25, -0.2) is 4.39 Å². The van der Waals surface area contributed by atoms with Gasteiger partial charge in [0.1, 0.15) is 11.6 Å². The SMILES string of the molecule is C=CCn1c(SCc2ccccc2Cl)nnc1C(C)Oc1ccc(F)cc1Cl. The molecule has 0 spiro atoms. The fraction of sp³-hybridized carbons (Fsp3) is 0.200. The summed E-state index contributed by atoms with van der Waals surface area (Å²) in [6.45, 7) is 6.17. The van der Waals surface area contributed by atoms with Crippen LogP contribution in [0.25, 0.3) is 0 Å². The molecular weight excluding hydrogens is 420 g/mol. The summed E-state index contributed by atoms with van der Waals surface area (Å²) >= 11 is 13.8. The Morgan fingerprint density at radius 2 is 2.00 bits per heavy atom. The second-order valence-electron chi connectivity index (χ2n) is 5.95. The molecule has 0 bridgehead atoms. The van der Waals surface area contributed by atoms with Gasteiger partial charge in [0.15, 0.2) is 17.1 Å². The Labute approximate surface area is 177 Å². The number of halogens is 3. The monoisotopic (exact) mass is 437 g/mol. The number of hydrogen-bond donors (Lipinski definition) is 0. The summed E-state index contributed by atoms with van der Waals surface area (Å²) in [5.41, 5.74) is 1.02. The summed E-state index contributed by atoms with van der Waals surface area (Å²) in [5.74, 6) is 1.25. The van der Waals surface area contributed by atoms with Crippen LogP contribution < -0.4 is 4.74 Å². The molecule has 1 heterocycles. The standard InChI is InChI=1S/C20H18Cl2FN3OS/c1-3-10-26-19(13(2)27-18-9-8-15(23)11-17(18)22)24-25-20(26)28-12-14-6-4-5-7-16(14)21/h3-9,11,13H,1,10,12H2,2H3. The minimum atomic E-state index is -0.440. The number of aromatic nitrogens is 3. The van der Waals surface area contributed by atoms with Crippen LogP contribution in [0.3, 0.4) is 0 Å². The molecule has 0 fully saturated rings. The van der Waals surface area contributed by atoms with Gasteiger partial charge in [-0.3, -0.25) is 4.57 Å². The molecule has 0 amide bonds. The molecule has 0 aliphatic heterocycles. The lowest BCUT2D eigenvalue weighted by atomic mass is 10.2. The quantitative estimate of drug-likeness (QED) is 0.304. The van der Waals surface area contributed by atoms with Gasteiger partial charge in [0.25, 0.3) is 0 Å². The Morgan fingerprint density at radius 1 is 1.21 bits per heavy atom. The van der Waals surface area contributed by atoms with Crippen LogP contribution in [0.4, 0.5) is 4.39 Å². The van der Waals surface area contributed by atoms with Gasteiger partial charge in [0.2, 0.25) is 0 Å². The molecule has 0 saturated carbocycles. The van der Waals surface area contributed by atoms with E-state index >= 15 is 0 Å². The third kappa shape index (κ3) is 4.87. The third-order valence-electron chi connectivity index (χ3n) is 3.93. The predicted molar refractivity (Wildman–Crippen MR) is 112 cm³/mol. The minimum absolute atomic E-state index is 0.204. The van der Waals surface area contributed by atoms with E-state index in [1.165, 1.54) is 30.0 Å². The highest BCUT2D eigenvalue weighted by atomic mass is 35.5. The van der Waals surface area contributed by atoms with Crippen molar-refractivity contribution in [1.29, 1.82) is 0 Å². The van der Waals surface area contributed by atoms with Gasteiger partial charge in [-0.1, -0.05) is 59.2 Å². The van der Waals surface area contributed by atoms with Gasteiger partial charge < -0.3 is 4.74 Å². The largest absolute Gasteiger partial charge is 0.481 e. The van der Waals surface area contributed by atoms with Crippen molar-refractivity contribution in [2.75, 3.05) is 0 Å². The number of nitrogens with zero attached hydrogens (tertiary/aromatic N) is 3. The van der Waals surface area contributed by atoms with E-state index in [0.717, 1.165) is 10.7 Å². The molecule has 1 aromatic heterocycles. The molecule has 0 aliphatic carbocycles. The molecule has 0 N–H and O–H groups in total. The van der Waals surface area contributed by atoms with Crippen LogP contribution in [0, 0.1) is 5.82 Å². The molecule has 1 atom stereocenters. The number of benzene rings is 2. The molecule has 146 valence electrons. The second kappa shape index (κ2) is 9.45. The van der Waals surface area contributed by atoms with Gasteiger partial charge in [0, 0.05) is 17.3 Å². The zero-order valence-electron chi connectivity index (χ0n) is 15.1. The van der Waals surface area contributed by atoms with Crippen molar-refractivity contribution in [3.05, 3.63) is 82.4 Å². The van der Waals surface area contributed by atoms with Crippen LogP contribution >= 0.6 is 35.0 Å². The zero-order chi connectivity index (χ0) is 20.1. The van der Waals surface area contributed by atoms with Crippen molar-refractivity contribution in [3.63, 3.8) is 0 Å². The highest BCUT2D eigenvalue weighted by Gasteiger charge is 2.20. The number of hydrogen-bond acceptors (Lipinski definition) is 4. The number of thioether (sulfide) groups is 1. The first kappa shape index (κ1) is 20.7. The van der Waals surface area contributed by atoms with Crippen LogP contribution in [-0.2, 0) is 12.3 Å². The first-order valence-corrected chi connectivity index (χ1v) is 10.3. The fourth-order valence-electron chi connectivity index (χ4n) is 2.58. The molecule has 3 aromatic rings. The Morgan fingerprint density at radius 3 is 2.71 bits per heavy atom. The van der Waals surface area contributed by atoms with Crippen molar-refractivity contribution in [2.24, 2.45) is 0 Å². The van der Waals surface area contributed by atoms with E-state index in [4.69, 9.17) is 27.9 Å². The summed E-state index contributed by atoms with van der Waals surface area (Å²) in [5, 5.41) is 10.2. The molecule has 1 unspecified atom stereocenters. The zero-order valence-corrected chi connectivity index (χ0v) is 17.4. The summed E-state index contributed by atoms with van der Waals surface area (Å²) < 4.78 is 21.0. The molecule has 0 radical (unpaired) electrons. The van der Waals surface area contributed by atoms with Gasteiger partial charge in [-0.05, 0) is 36.8 Å². The Hall–Kier alpha value is -2.02. The summed E-state index contributed by atoms with van der Waals surface area (Å²) in [6, 6.07) is 11.7. The lowest BCUT2D eigenvalue weighted by molar-refractivity contribution is 0.210. The van der Waals surface area contributed by atoms with Crippen molar-refractivity contribution >= 4 is 35.0 Å². The first-order valence-electron chi connectivity index (χ1n) is 8.51. The maximum atomic E-state index is 13.2. The van der Waals surface area contributed by atoms with Gasteiger partial charge in [-0.2, -0.15) is 0 Å². The van der Waals surface area contributed by atoms with Crippen LogP contribution in [0.2, 0.25) is 10.0 Å². The van der Waals surface area contributed by atoms with Crippen LogP contribution in [-0.4, -0.2) is 14.8 Å². The predicted octanol–water partition coefficient (Wildman–Crippen LogP) is 6.34. The molecule has 0 aliphatic rings. The van der Waals surface area contributed by atoms with Gasteiger partial charge in [-0.15, -0.1) is 16.8 Å². The fourth-order valence-corrected chi connectivity index (χ4v) is 4.03. The first-order chi connectivity index (χ1) is 13.5. The maximum Gasteiger partial charge on any atom is 0.191 e. The van der Waals surface area contributed by atoms with E-state index in [1.54, 1.807) is 6.08 Å². The average Bonchev–Trinajstić information content (AvgIpc) is 3.06. The normalized spacial score (nSPS) is 12.0. The second-order valence-corrected chi connectivity index (χ2v) is 7.71. The van der Waals surface area contributed by atoms with Crippen molar-refractivity contribution < 1.29 is 9.13 Å². The highest BCUT2D eigenvalue weighted by Crippen LogP contribution is 2.31. The number of allylic oxidation sites excluding steroid dienone is 1. The summed E-state index contributed by atoms with van der Waals surface area (Å²) in [6.07, 6.45) is 1.33. The van der Waals surface area contributed by atoms with Crippen molar-refractivity contribution in [1.82, 2.24) is 14.8 Å². The lowest BCUT2D eigenvalue weighted by Crippen LogP contribution is -2.12. The Balaban J connectivity index is 1.79. The third-order valence-corrected chi connectivity index (χ3v) is 5.61. The minimum Gasteiger partial charge on any atom is -0.481 e. The molecule has 28 heavy (non-hydrogen) atoms. The van der Waals surface area contributed by atoms with Crippen LogP contribution in [0.15, 0.2) is 60.3 Å². The molecule has 3 rings (SSSR count). The molecule has 4 nitrogen and oxygen atoms in total. The van der Waals surface area contributed by atoms with Crippen LogP contribution in [0.1, 0.15) is 24.4 Å². The Bertz CT molecular complexity index is 980. The van der Waals surface area contributed by atoms with E-state index in [9.17, 15) is 4.39 Å². The molecule has 2 aromatic carbocycles. The summed E-state index contributed by atoms with van der Waals surface area (Å²) in [7, 11) is 0. The lowest BCUT2D eigenvalue weighted by Gasteiger charge is -2.16. The highest BCUT2D eigenvalue weighted by molar-refractivity contribution is 7.98. The van der Waals surface area contributed by atoms with E-state index in [1.807, 2.05) is 35.8 Å². The van der Waals surface area contributed by atoms with Crippen molar-refractivity contribution in [2.45, 2.75) is 30.5 Å². The molecule has 8 heteroatoms. The average molecular weight is 438 g/mol. The summed E-state index contributed by atoms with van der Waals surface area (Å²) in [4.78, 5) is 0. The smallest absolute Gasteiger partial charge is 0.191 e. The van der Waals surface area contributed by atoms with Crippen LogP contribution in [0.5, 0.6) is 5.75 Å². The van der Waals surface area contributed by atoms with E-state index in [0.29, 0.717) is 28.9 Å². The topological polar surface area (TPSA) is 39.9 Å². The van der Waals surface area contributed by atoms with E-state index in [2.05, 4.69) is 16.8 Å². The van der Waals surface area contributed by atoms with E-state index in [-0.39, 0.29) is 5.02 Å². The van der Waals surface area contributed by atoms with Crippen molar-refractivity contribution in [3.8, 4) is 5.75 Å². The molecule has 0 saturated heterocycles. The number of rotatable bonds is 8. The van der Waals surface area contributed by atoms with Gasteiger partial charge in [0.05, 0.1) is 5.02 Å². The van der Waals surface area contributed by atoms with Gasteiger partial charge >= 0.3 is 0 Å².